The van der Waals surface area contributed by atoms with Gasteiger partial charge in [0.15, 0.2) is 5.96 Å². The lowest BCUT2D eigenvalue weighted by Gasteiger charge is -2.34. The minimum absolute atomic E-state index is 0.251. The van der Waals surface area contributed by atoms with Gasteiger partial charge in [0.2, 0.25) is 5.91 Å². The van der Waals surface area contributed by atoms with Crippen LogP contribution in [0.5, 0.6) is 0 Å². The number of guanidine groups is 1. The molecule has 1 fully saturated rings. The average Bonchev–Trinajstić information content (AvgIpc) is 2.95. The first-order valence-corrected chi connectivity index (χ1v) is 8.36. The van der Waals surface area contributed by atoms with Crippen LogP contribution in [-0.4, -0.2) is 50.0 Å². The van der Waals surface area contributed by atoms with E-state index in [9.17, 15) is 9.59 Å². The summed E-state index contributed by atoms with van der Waals surface area (Å²) in [5.74, 6) is 1.46. The first kappa shape index (κ1) is 18.8. The Kier molecular flexibility index (Phi) is 6.44. The van der Waals surface area contributed by atoms with E-state index in [1.54, 1.807) is 20.0 Å². The van der Waals surface area contributed by atoms with Gasteiger partial charge in [0.1, 0.15) is 17.1 Å². The topological polar surface area (TPSA) is 110 Å². The van der Waals surface area contributed by atoms with E-state index < -0.39 is 5.97 Å². The van der Waals surface area contributed by atoms with Gasteiger partial charge in [-0.3, -0.25) is 9.79 Å². The van der Waals surface area contributed by atoms with Crippen molar-refractivity contribution in [2.24, 2.45) is 16.6 Å². The Morgan fingerprint density at radius 1 is 1.52 bits per heavy atom. The second-order valence-electron chi connectivity index (χ2n) is 6.20. The molecule has 0 bridgehead atoms. The number of aliphatic imine (C=N–C) groups is 1. The fraction of sp³-hybridized carbons (Fsp3) is 0.588. The number of ether oxygens (including phenoxy) is 1. The van der Waals surface area contributed by atoms with Crippen LogP contribution in [0.25, 0.3) is 0 Å². The van der Waals surface area contributed by atoms with Gasteiger partial charge in [0.25, 0.3) is 0 Å². The lowest BCUT2D eigenvalue weighted by atomic mass is 9.95. The van der Waals surface area contributed by atoms with Crippen molar-refractivity contribution in [3.05, 3.63) is 23.2 Å². The highest BCUT2D eigenvalue weighted by Crippen LogP contribution is 2.20. The Balaban J connectivity index is 1.96. The van der Waals surface area contributed by atoms with Crippen LogP contribution in [0.4, 0.5) is 0 Å². The van der Waals surface area contributed by atoms with Crippen LogP contribution in [0.15, 0.2) is 15.5 Å². The minimum Gasteiger partial charge on any atom is -0.465 e. The van der Waals surface area contributed by atoms with Gasteiger partial charge in [0, 0.05) is 26.6 Å². The smallest absolute Gasteiger partial charge is 0.341 e. The van der Waals surface area contributed by atoms with Gasteiger partial charge in [-0.1, -0.05) is 0 Å². The Morgan fingerprint density at radius 2 is 2.28 bits per heavy atom. The molecule has 25 heavy (non-hydrogen) atoms. The monoisotopic (exact) mass is 350 g/mol. The summed E-state index contributed by atoms with van der Waals surface area (Å²) < 4.78 is 10.3. The number of nitrogens with one attached hydrogen (secondary N) is 1. The molecule has 2 rings (SSSR count). The van der Waals surface area contributed by atoms with Crippen molar-refractivity contribution >= 4 is 17.8 Å². The zero-order valence-corrected chi connectivity index (χ0v) is 15.0. The first-order chi connectivity index (χ1) is 11.9. The van der Waals surface area contributed by atoms with Crippen LogP contribution in [0, 0.1) is 12.8 Å². The molecule has 3 N–H and O–H groups in total. The molecule has 0 saturated carbocycles. The summed E-state index contributed by atoms with van der Waals surface area (Å²) in [6.07, 6.45) is 2.38. The fourth-order valence-electron chi connectivity index (χ4n) is 3.15. The summed E-state index contributed by atoms with van der Waals surface area (Å²) >= 11 is 0. The van der Waals surface area contributed by atoms with Crippen molar-refractivity contribution in [1.29, 1.82) is 0 Å². The maximum atomic E-state index is 11.6. The third kappa shape index (κ3) is 4.98. The molecule has 0 aliphatic carbocycles. The van der Waals surface area contributed by atoms with Crippen LogP contribution >= 0.6 is 0 Å². The lowest BCUT2D eigenvalue weighted by Crippen LogP contribution is -2.46. The van der Waals surface area contributed by atoms with E-state index in [-0.39, 0.29) is 11.8 Å². The number of primary amides is 1. The largest absolute Gasteiger partial charge is 0.465 e. The Bertz CT molecular complexity index is 653. The van der Waals surface area contributed by atoms with Crippen LogP contribution in [0.1, 0.15) is 41.1 Å². The number of amides is 1. The lowest BCUT2D eigenvalue weighted by molar-refractivity contribution is -0.119. The number of aryl methyl sites for hydroxylation is 1. The van der Waals surface area contributed by atoms with Gasteiger partial charge >= 0.3 is 5.97 Å². The van der Waals surface area contributed by atoms with Crippen molar-refractivity contribution in [3.63, 3.8) is 0 Å². The van der Waals surface area contributed by atoms with Crippen molar-refractivity contribution in [3.8, 4) is 0 Å². The molecule has 8 heteroatoms. The standard InChI is InChI=1S/C17H26N4O4/c1-11-14(16(23)24-3)8-13(25-11)9-20-17(19-2)21-6-4-5-12(10-21)7-15(18)22/h8,12H,4-7,9-10H2,1-3H3,(H2,18,22)(H,19,20). The van der Waals surface area contributed by atoms with E-state index in [1.807, 2.05) is 0 Å². The number of hydrogen-bond donors (Lipinski definition) is 2. The predicted molar refractivity (Wildman–Crippen MR) is 93.1 cm³/mol. The molecule has 1 saturated heterocycles. The van der Waals surface area contributed by atoms with E-state index in [1.165, 1.54) is 7.11 Å². The average molecular weight is 350 g/mol. The number of carbonyl (C=O) groups is 2. The first-order valence-electron chi connectivity index (χ1n) is 8.36. The number of carbonyl (C=O) groups excluding carboxylic acids is 2. The highest BCUT2D eigenvalue weighted by Gasteiger charge is 2.24. The maximum absolute atomic E-state index is 11.6. The van der Waals surface area contributed by atoms with Crippen LogP contribution < -0.4 is 11.1 Å². The molecule has 1 aliphatic heterocycles. The molecule has 138 valence electrons. The molecule has 2 heterocycles. The second kappa shape index (κ2) is 8.55. The SMILES string of the molecule is CN=C(NCc1cc(C(=O)OC)c(C)o1)N1CCCC(CC(N)=O)C1. The second-order valence-corrected chi connectivity index (χ2v) is 6.20. The van der Waals surface area contributed by atoms with Crippen molar-refractivity contribution < 1.29 is 18.7 Å². The van der Waals surface area contributed by atoms with Crippen molar-refractivity contribution in [2.75, 3.05) is 27.2 Å². The van der Waals surface area contributed by atoms with Gasteiger partial charge < -0.3 is 25.1 Å². The number of rotatable bonds is 5. The number of hydrogen-bond acceptors (Lipinski definition) is 5. The normalized spacial score (nSPS) is 18.1. The predicted octanol–water partition coefficient (Wildman–Crippen LogP) is 1.04. The maximum Gasteiger partial charge on any atom is 0.341 e. The molecule has 1 aliphatic rings. The van der Waals surface area contributed by atoms with Gasteiger partial charge in [-0.15, -0.1) is 0 Å². The molecular formula is C17H26N4O4. The fourth-order valence-corrected chi connectivity index (χ4v) is 3.15. The Morgan fingerprint density at radius 3 is 2.92 bits per heavy atom. The van der Waals surface area contributed by atoms with Crippen LogP contribution in [0.2, 0.25) is 0 Å². The van der Waals surface area contributed by atoms with E-state index in [4.69, 9.17) is 14.9 Å². The Hall–Kier alpha value is -2.51. The zero-order chi connectivity index (χ0) is 18.4. The summed E-state index contributed by atoms with van der Waals surface area (Å²) in [7, 11) is 3.06. The molecule has 0 aromatic carbocycles. The van der Waals surface area contributed by atoms with Crippen LogP contribution in [-0.2, 0) is 16.1 Å². The van der Waals surface area contributed by atoms with Crippen molar-refractivity contribution in [1.82, 2.24) is 10.2 Å². The molecule has 1 amide bonds. The number of nitrogens with two attached hydrogens (primary N) is 1. The number of furan rings is 1. The molecule has 0 radical (unpaired) electrons. The molecule has 1 unspecified atom stereocenters. The van der Waals surface area contributed by atoms with Gasteiger partial charge in [-0.25, -0.2) is 4.79 Å². The summed E-state index contributed by atoms with van der Waals surface area (Å²) in [5, 5.41) is 3.24. The molecule has 0 spiro atoms. The molecular weight excluding hydrogens is 324 g/mol. The molecule has 1 aromatic heterocycles. The minimum atomic E-state index is -0.415. The van der Waals surface area contributed by atoms with Gasteiger partial charge in [0.05, 0.1) is 13.7 Å². The van der Waals surface area contributed by atoms with Crippen molar-refractivity contribution in [2.45, 2.75) is 32.7 Å². The number of methoxy groups -OCH3 is 1. The molecule has 1 atom stereocenters. The summed E-state index contributed by atoms with van der Waals surface area (Å²) in [6.45, 7) is 3.75. The summed E-state index contributed by atoms with van der Waals surface area (Å²) in [5.41, 5.74) is 5.74. The summed E-state index contributed by atoms with van der Waals surface area (Å²) in [4.78, 5) is 29.2. The van der Waals surface area contributed by atoms with E-state index in [0.717, 1.165) is 31.9 Å². The molecule has 8 nitrogen and oxygen atoms in total. The van der Waals surface area contributed by atoms with E-state index in [2.05, 4.69) is 15.2 Å². The van der Waals surface area contributed by atoms with Crippen LogP contribution in [0.3, 0.4) is 0 Å². The quantitative estimate of drug-likeness (QED) is 0.466. The summed E-state index contributed by atoms with van der Waals surface area (Å²) in [6, 6.07) is 1.67. The van der Waals surface area contributed by atoms with Gasteiger partial charge in [-0.2, -0.15) is 0 Å². The zero-order valence-electron chi connectivity index (χ0n) is 15.0. The Labute approximate surface area is 147 Å². The number of esters is 1. The number of likely N-dealkylation sites (tertiary alicyclic amines) is 1. The highest BCUT2D eigenvalue weighted by atomic mass is 16.5. The highest BCUT2D eigenvalue weighted by molar-refractivity contribution is 5.90. The number of piperidine rings is 1. The third-order valence-corrected chi connectivity index (χ3v) is 4.32. The van der Waals surface area contributed by atoms with E-state index in [0.29, 0.717) is 30.0 Å². The molecule has 1 aromatic rings. The van der Waals surface area contributed by atoms with E-state index >= 15 is 0 Å². The number of nitrogens with zero attached hydrogens (tertiary/aromatic N) is 2. The third-order valence-electron chi connectivity index (χ3n) is 4.32. The van der Waals surface area contributed by atoms with Gasteiger partial charge in [-0.05, 0) is 31.7 Å².